The number of rotatable bonds is 4. The number of nitrogens with zero attached hydrogens (tertiary/aromatic N) is 1. The SMILES string of the molecule is Cc1occc1C(=O)Cc1ccc([N+](=O)[O-])cc1. The van der Waals surface area contributed by atoms with Crippen molar-refractivity contribution in [3.8, 4) is 0 Å². The molecule has 0 aliphatic heterocycles. The summed E-state index contributed by atoms with van der Waals surface area (Å²) in [5.74, 6) is 0.525. The molecule has 0 atom stereocenters. The highest BCUT2D eigenvalue weighted by atomic mass is 16.6. The minimum atomic E-state index is -0.466. The molecule has 0 saturated heterocycles. The Hall–Kier alpha value is -2.43. The number of benzene rings is 1. The second kappa shape index (κ2) is 4.83. The molecule has 2 rings (SSSR count). The first-order valence-electron chi connectivity index (χ1n) is 5.38. The standard InChI is InChI=1S/C13H11NO4/c1-9-12(6-7-18-9)13(15)8-10-2-4-11(5-3-10)14(16)17/h2-7H,8H2,1H3. The van der Waals surface area contributed by atoms with Gasteiger partial charge in [0.1, 0.15) is 5.76 Å². The van der Waals surface area contributed by atoms with Gasteiger partial charge in [0.25, 0.3) is 5.69 Å². The highest BCUT2D eigenvalue weighted by Crippen LogP contribution is 2.16. The van der Waals surface area contributed by atoms with Crippen LogP contribution in [0.15, 0.2) is 41.0 Å². The molecular formula is C13H11NO4. The molecule has 1 heterocycles. The maximum atomic E-state index is 11.9. The van der Waals surface area contributed by atoms with E-state index in [2.05, 4.69) is 0 Å². The summed E-state index contributed by atoms with van der Waals surface area (Å²) < 4.78 is 5.06. The van der Waals surface area contributed by atoms with Crippen molar-refractivity contribution in [1.29, 1.82) is 0 Å². The minimum absolute atomic E-state index is 0.0192. The molecule has 0 fully saturated rings. The molecule has 1 aromatic carbocycles. The highest BCUT2D eigenvalue weighted by molar-refractivity contribution is 5.98. The maximum Gasteiger partial charge on any atom is 0.269 e. The van der Waals surface area contributed by atoms with Crippen LogP contribution in [0.25, 0.3) is 0 Å². The summed E-state index contributed by atoms with van der Waals surface area (Å²) in [7, 11) is 0. The molecule has 0 aliphatic rings. The number of furan rings is 1. The molecular weight excluding hydrogens is 234 g/mol. The molecule has 5 heteroatoms. The van der Waals surface area contributed by atoms with Gasteiger partial charge in [-0.2, -0.15) is 0 Å². The van der Waals surface area contributed by atoms with Crippen molar-refractivity contribution in [1.82, 2.24) is 0 Å². The van der Waals surface area contributed by atoms with Crippen molar-refractivity contribution in [3.05, 3.63) is 63.6 Å². The summed E-state index contributed by atoms with van der Waals surface area (Å²) in [6, 6.07) is 7.59. The fraction of sp³-hybridized carbons (Fsp3) is 0.154. The number of nitro benzene ring substituents is 1. The van der Waals surface area contributed by atoms with Crippen molar-refractivity contribution < 1.29 is 14.1 Å². The second-order valence-corrected chi connectivity index (χ2v) is 3.91. The van der Waals surface area contributed by atoms with Gasteiger partial charge in [-0.15, -0.1) is 0 Å². The van der Waals surface area contributed by atoms with Gasteiger partial charge in [0.05, 0.1) is 16.7 Å². The van der Waals surface area contributed by atoms with Gasteiger partial charge < -0.3 is 4.42 Å². The lowest BCUT2D eigenvalue weighted by molar-refractivity contribution is -0.384. The topological polar surface area (TPSA) is 73.3 Å². The van der Waals surface area contributed by atoms with E-state index in [-0.39, 0.29) is 17.9 Å². The van der Waals surface area contributed by atoms with Crippen LogP contribution in [0.3, 0.4) is 0 Å². The number of Topliss-reactive ketones (excluding diaryl/α,β-unsaturated/α-hetero) is 1. The third-order valence-electron chi connectivity index (χ3n) is 2.67. The summed E-state index contributed by atoms with van der Waals surface area (Å²) in [6.45, 7) is 1.73. The van der Waals surface area contributed by atoms with Gasteiger partial charge in [0, 0.05) is 18.6 Å². The third kappa shape index (κ3) is 2.45. The van der Waals surface area contributed by atoms with Crippen LogP contribution in [0.4, 0.5) is 5.69 Å². The lowest BCUT2D eigenvalue weighted by Crippen LogP contribution is -2.03. The smallest absolute Gasteiger partial charge is 0.269 e. The van der Waals surface area contributed by atoms with Crippen LogP contribution in [0.1, 0.15) is 21.7 Å². The summed E-state index contributed by atoms with van der Waals surface area (Å²) in [4.78, 5) is 21.9. The Bertz CT molecular complexity index is 583. The summed E-state index contributed by atoms with van der Waals surface area (Å²) in [5, 5.41) is 10.5. The highest BCUT2D eigenvalue weighted by Gasteiger charge is 2.13. The number of hydrogen-bond acceptors (Lipinski definition) is 4. The number of carbonyl (C=O) groups is 1. The fourth-order valence-electron chi connectivity index (χ4n) is 1.69. The molecule has 0 spiro atoms. The predicted octanol–water partition coefficient (Wildman–Crippen LogP) is 2.92. The average molecular weight is 245 g/mol. The molecule has 5 nitrogen and oxygen atoms in total. The predicted molar refractivity (Wildman–Crippen MR) is 64.6 cm³/mol. The van der Waals surface area contributed by atoms with Crippen LogP contribution in [-0.4, -0.2) is 10.7 Å². The molecule has 18 heavy (non-hydrogen) atoms. The van der Waals surface area contributed by atoms with Crippen LogP contribution >= 0.6 is 0 Å². The molecule has 0 saturated carbocycles. The van der Waals surface area contributed by atoms with E-state index < -0.39 is 4.92 Å². The van der Waals surface area contributed by atoms with Crippen LogP contribution in [0, 0.1) is 17.0 Å². The van der Waals surface area contributed by atoms with Gasteiger partial charge in [0.2, 0.25) is 0 Å². The van der Waals surface area contributed by atoms with Crippen molar-refractivity contribution >= 4 is 11.5 Å². The van der Waals surface area contributed by atoms with E-state index in [0.29, 0.717) is 11.3 Å². The van der Waals surface area contributed by atoms with Gasteiger partial charge in [-0.05, 0) is 18.6 Å². The first kappa shape index (κ1) is 12.0. The van der Waals surface area contributed by atoms with Gasteiger partial charge in [-0.25, -0.2) is 0 Å². The zero-order chi connectivity index (χ0) is 13.1. The molecule has 92 valence electrons. The molecule has 0 N–H and O–H groups in total. The van der Waals surface area contributed by atoms with E-state index in [1.54, 1.807) is 25.1 Å². The van der Waals surface area contributed by atoms with Crippen molar-refractivity contribution in [3.63, 3.8) is 0 Å². The third-order valence-corrected chi connectivity index (χ3v) is 2.67. The lowest BCUT2D eigenvalue weighted by atomic mass is 10.0. The van der Waals surface area contributed by atoms with E-state index in [9.17, 15) is 14.9 Å². The molecule has 1 aromatic heterocycles. The first-order valence-corrected chi connectivity index (χ1v) is 5.38. The van der Waals surface area contributed by atoms with E-state index in [1.807, 2.05) is 0 Å². The van der Waals surface area contributed by atoms with Gasteiger partial charge >= 0.3 is 0 Å². The largest absolute Gasteiger partial charge is 0.469 e. The van der Waals surface area contributed by atoms with E-state index >= 15 is 0 Å². The Morgan fingerprint density at radius 3 is 2.44 bits per heavy atom. The number of non-ortho nitro benzene ring substituents is 1. The number of nitro groups is 1. The van der Waals surface area contributed by atoms with Gasteiger partial charge in [0.15, 0.2) is 5.78 Å². The van der Waals surface area contributed by atoms with Crippen molar-refractivity contribution in [2.24, 2.45) is 0 Å². The molecule has 0 amide bonds. The van der Waals surface area contributed by atoms with Crippen LogP contribution in [0.5, 0.6) is 0 Å². The Balaban J connectivity index is 2.13. The van der Waals surface area contributed by atoms with Crippen LogP contribution in [0.2, 0.25) is 0 Å². The molecule has 0 bridgehead atoms. The zero-order valence-electron chi connectivity index (χ0n) is 9.75. The van der Waals surface area contributed by atoms with E-state index in [0.717, 1.165) is 5.56 Å². The Kier molecular flexibility index (Phi) is 3.23. The number of ketones is 1. The second-order valence-electron chi connectivity index (χ2n) is 3.91. The van der Waals surface area contributed by atoms with E-state index in [1.165, 1.54) is 18.4 Å². The quantitative estimate of drug-likeness (QED) is 0.471. The first-order chi connectivity index (χ1) is 8.58. The Morgan fingerprint density at radius 2 is 1.94 bits per heavy atom. The van der Waals surface area contributed by atoms with E-state index in [4.69, 9.17) is 4.42 Å². The number of aryl methyl sites for hydroxylation is 1. The molecule has 0 radical (unpaired) electrons. The number of carbonyl (C=O) groups excluding carboxylic acids is 1. The van der Waals surface area contributed by atoms with Crippen molar-refractivity contribution in [2.75, 3.05) is 0 Å². The summed E-state index contributed by atoms with van der Waals surface area (Å²) in [6.07, 6.45) is 1.68. The van der Waals surface area contributed by atoms with Crippen LogP contribution < -0.4 is 0 Å². The minimum Gasteiger partial charge on any atom is -0.469 e. The van der Waals surface area contributed by atoms with Crippen LogP contribution in [-0.2, 0) is 6.42 Å². The monoisotopic (exact) mass is 245 g/mol. The molecule has 0 aliphatic carbocycles. The summed E-state index contributed by atoms with van der Waals surface area (Å²) in [5.41, 5.74) is 1.31. The van der Waals surface area contributed by atoms with Gasteiger partial charge in [-0.3, -0.25) is 14.9 Å². The Morgan fingerprint density at radius 1 is 1.28 bits per heavy atom. The zero-order valence-corrected chi connectivity index (χ0v) is 9.75. The lowest BCUT2D eigenvalue weighted by Gasteiger charge is -2.00. The van der Waals surface area contributed by atoms with Crippen molar-refractivity contribution in [2.45, 2.75) is 13.3 Å². The normalized spacial score (nSPS) is 10.3. The van der Waals surface area contributed by atoms with Gasteiger partial charge in [-0.1, -0.05) is 12.1 Å². The maximum absolute atomic E-state index is 11.9. The fourth-order valence-corrected chi connectivity index (χ4v) is 1.69. The number of hydrogen-bond donors (Lipinski definition) is 0. The Labute approximate surface area is 103 Å². The summed E-state index contributed by atoms with van der Waals surface area (Å²) >= 11 is 0. The molecule has 0 unspecified atom stereocenters. The average Bonchev–Trinajstić information content (AvgIpc) is 2.76. The molecule has 2 aromatic rings.